The second-order valence-electron chi connectivity index (χ2n) is 4.06. The van der Waals surface area contributed by atoms with Gasteiger partial charge in [-0.2, -0.15) is 0 Å². The zero-order valence-corrected chi connectivity index (χ0v) is 8.75. The van der Waals surface area contributed by atoms with E-state index in [1.807, 2.05) is 0 Å². The molecule has 0 amide bonds. The van der Waals surface area contributed by atoms with Crippen LogP contribution in [0, 0.1) is 6.92 Å². The Labute approximate surface area is 85.6 Å². The van der Waals surface area contributed by atoms with E-state index in [-0.39, 0.29) is 0 Å². The molecular formula is C14H15. The van der Waals surface area contributed by atoms with E-state index >= 15 is 0 Å². The molecule has 0 unspecified atom stereocenters. The smallest absolute Gasteiger partial charge is 0.0149 e. The van der Waals surface area contributed by atoms with Crippen LogP contribution >= 0.6 is 0 Å². The minimum Gasteiger partial charge on any atom is -0.0616 e. The summed E-state index contributed by atoms with van der Waals surface area (Å²) in [7, 11) is 0. The van der Waals surface area contributed by atoms with Crippen molar-refractivity contribution in [1.82, 2.24) is 0 Å². The highest BCUT2D eigenvalue weighted by atomic mass is 14.1. The summed E-state index contributed by atoms with van der Waals surface area (Å²) in [6.45, 7) is 8.46. The first-order valence-corrected chi connectivity index (χ1v) is 5.03. The average Bonchev–Trinajstić information content (AvgIpc) is 2.16. The average molecular weight is 183 g/mol. The van der Waals surface area contributed by atoms with Gasteiger partial charge in [0.05, 0.1) is 0 Å². The van der Waals surface area contributed by atoms with E-state index in [4.69, 9.17) is 0 Å². The summed E-state index contributed by atoms with van der Waals surface area (Å²) < 4.78 is 0. The summed E-state index contributed by atoms with van der Waals surface area (Å²) in [5.74, 6) is 0.557. The summed E-state index contributed by atoms with van der Waals surface area (Å²) >= 11 is 0. The first-order valence-electron chi connectivity index (χ1n) is 5.03. The van der Waals surface area contributed by atoms with Gasteiger partial charge in [0, 0.05) is 0 Å². The topological polar surface area (TPSA) is 0 Å². The van der Waals surface area contributed by atoms with Crippen LogP contribution in [0.2, 0.25) is 0 Å². The van der Waals surface area contributed by atoms with Crippen molar-refractivity contribution in [3.05, 3.63) is 54.4 Å². The molecule has 2 aromatic rings. The highest BCUT2D eigenvalue weighted by molar-refractivity contribution is 5.87. The zero-order chi connectivity index (χ0) is 10.1. The van der Waals surface area contributed by atoms with Gasteiger partial charge in [-0.05, 0) is 34.7 Å². The van der Waals surface area contributed by atoms with Gasteiger partial charge in [0.1, 0.15) is 0 Å². The molecule has 0 nitrogen and oxygen atoms in total. The summed E-state index contributed by atoms with van der Waals surface area (Å²) in [4.78, 5) is 0. The standard InChI is InChI=1S/C14H15/c1-10(2)14-9-11(3)8-12-6-4-5-7-13(12)14/h4-10H,3H2,1-2H3. The fourth-order valence-electron chi connectivity index (χ4n) is 1.88. The van der Waals surface area contributed by atoms with Crippen LogP contribution in [0.4, 0.5) is 0 Å². The van der Waals surface area contributed by atoms with Gasteiger partial charge in [0.25, 0.3) is 0 Å². The predicted molar refractivity (Wildman–Crippen MR) is 62.5 cm³/mol. The molecule has 0 bridgehead atoms. The quantitative estimate of drug-likeness (QED) is 0.623. The lowest BCUT2D eigenvalue weighted by Crippen LogP contribution is -1.90. The lowest BCUT2D eigenvalue weighted by molar-refractivity contribution is 0.875. The Morgan fingerprint density at radius 2 is 1.79 bits per heavy atom. The molecule has 0 saturated carbocycles. The van der Waals surface area contributed by atoms with E-state index in [2.05, 4.69) is 57.2 Å². The first-order chi connectivity index (χ1) is 6.68. The van der Waals surface area contributed by atoms with Crippen LogP contribution in [-0.2, 0) is 0 Å². The molecule has 0 heterocycles. The molecule has 0 fully saturated rings. The molecule has 0 aromatic heterocycles. The summed E-state index contributed by atoms with van der Waals surface area (Å²) in [5, 5.41) is 2.65. The maximum atomic E-state index is 4.01. The molecule has 0 heteroatoms. The Morgan fingerprint density at radius 3 is 2.50 bits per heavy atom. The summed E-state index contributed by atoms with van der Waals surface area (Å²) in [5.41, 5.74) is 2.50. The number of benzene rings is 2. The molecule has 2 rings (SSSR count). The maximum Gasteiger partial charge on any atom is -0.0149 e. The first kappa shape index (κ1) is 9.26. The molecule has 0 spiro atoms. The monoisotopic (exact) mass is 183 g/mol. The van der Waals surface area contributed by atoms with Gasteiger partial charge in [0.15, 0.2) is 0 Å². The van der Waals surface area contributed by atoms with Crippen LogP contribution in [0.3, 0.4) is 0 Å². The number of fused-ring (bicyclic) bond motifs is 1. The molecule has 0 N–H and O–H groups in total. The highest BCUT2D eigenvalue weighted by Gasteiger charge is 2.05. The summed E-state index contributed by atoms with van der Waals surface area (Å²) in [6.07, 6.45) is 0. The zero-order valence-electron chi connectivity index (χ0n) is 8.75. The lowest BCUT2D eigenvalue weighted by atomic mass is 9.94. The Kier molecular flexibility index (Phi) is 2.28. The highest BCUT2D eigenvalue weighted by Crippen LogP contribution is 2.26. The molecule has 2 aromatic carbocycles. The predicted octanol–water partition coefficient (Wildman–Crippen LogP) is 4.15. The Hall–Kier alpha value is -1.30. The number of rotatable bonds is 1. The van der Waals surface area contributed by atoms with Crippen LogP contribution in [0.1, 0.15) is 30.9 Å². The molecule has 0 aliphatic heterocycles. The third kappa shape index (κ3) is 1.52. The van der Waals surface area contributed by atoms with Crippen molar-refractivity contribution in [2.24, 2.45) is 0 Å². The Morgan fingerprint density at radius 1 is 1.07 bits per heavy atom. The SMILES string of the molecule is [CH2]c1cc(C(C)C)c2ccccc2c1. The van der Waals surface area contributed by atoms with E-state index < -0.39 is 0 Å². The van der Waals surface area contributed by atoms with Crippen molar-refractivity contribution < 1.29 is 0 Å². The number of hydrogen-bond acceptors (Lipinski definition) is 0. The minimum atomic E-state index is 0.557. The van der Waals surface area contributed by atoms with Crippen molar-refractivity contribution in [2.45, 2.75) is 19.8 Å². The van der Waals surface area contributed by atoms with E-state index in [9.17, 15) is 0 Å². The fraction of sp³-hybridized carbons (Fsp3) is 0.214. The van der Waals surface area contributed by atoms with Gasteiger partial charge in [0.2, 0.25) is 0 Å². The van der Waals surface area contributed by atoms with Crippen molar-refractivity contribution in [3.63, 3.8) is 0 Å². The maximum absolute atomic E-state index is 4.01. The van der Waals surface area contributed by atoms with Gasteiger partial charge < -0.3 is 0 Å². The van der Waals surface area contributed by atoms with Crippen LogP contribution in [0.25, 0.3) is 10.8 Å². The van der Waals surface area contributed by atoms with Crippen molar-refractivity contribution >= 4 is 10.8 Å². The Bertz CT molecular complexity index is 453. The third-order valence-corrected chi connectivity index (χ3v) is 2.58. The second-order valence-corrected chi connectivity index (χ2v) is 4.06. The van der Waals surface area contributed by atoms with Crippen molar-refractivity contribution in [2.75, 3.05) is 0 Å². The Balaban J connectivity index is 2.80. The molecule has 14 heavy (non-hydrogen) atoms. The van der Waals surface area contributed by atoms with Gasteiger partial charge in [-0.15, -0.1) is 0 Å². The molecule has 0 saturated heterocycles. The molecule has 0 atom stereocenters. The van der Waals surface area contributed by atoms with Crippen LogP contribution < -0.4 is 0 Å². The fourth-order valence-corrected chi connectivity index (χ4v) is 1.88. The molecular weight excluding hydrogens is 168 g/mol. The van der Waals surface area contributed by atoms with Gasteiger partial charge in [-0.3, -0.25) is 0 Å². The van der Waals surface area contributed by atoms with E-state index in [1.165, 1.54) is 16.3 Å². The number of hydrogen-bond donors (Lipinski definition) is 0. The molecule has 0 aliphatic carbocycles. The third-order valence-electron chi connectivity index (χ3n) is 2.58. The molecule has 71 valence electrons. The summed E-state index contributed by atoms with van der Waals surface area (Å²) in [6, 6.07) is 12.8. The van der Waals surface area contributed by atoms with Gasteiger partial charge >= 0.3 is 0 Å². The van der Waals surface area contributed by atoms with Crippen molar-refractivity contribution in [3.8, 4) is 0 Å². The van der Waals surface area contributed by atoms with Gasteiger partial charge in [-0.25, -0.2) is 0 Å². The van der Waals surface area contributed by atoms with Crippen LogP contribution in [-0.4, -0.2) is 0 Å². The van der Waals surface area contributed by atoms with E-state index in [1.54, 1.807) is 0 Å². The second kappa shape index (κ2) is 3.45. The van der Waals surface area contributed by atoms with Crippen LogP contribution in [0.15, 0.2) is 36.4 Å². The van der Waals surface area contributed by atoms with E-state index in [0.29, 0.717) is 5.92 Å². The lowest BCUT2D eigenvalue weighted by Gasteiger charge is -2.11. The van der Waals surface area contributed by atoms with Crippen molar-refractivity contribution in [1.29, 1.82) is 0 Å². The molecule has 0 aliphatic rings. The normalized spacial score (nSPS) is 11.1. The van der Waals surface area contributed by atoms with Crippen LogP contribution in [0.5, 0.6) is 0 Å². The molecule has 1 radical (unpaired) electrons. The largest absolute Gasteiger partial charge is 0.0616 e. The van der Waals surface area contributed by atoms with Gasteiger partial charge in [-0.1, -0.05) is 50.2 Å². The minimum absolute atomic E-state index is 0.557. The van der Waals surface area contributed by atoms with E-state index in [0.717, 1.165) is 5.56 Å².